The van der Waals surface area contributed by atoms with E-state index in [2.05, 4.69) is 42.2 Å². The molecule has 146 valence electrons. The molecule has 1 aliphatic heterocycles. The zero-order valence-electron chi connectivity index (χ0n) is 16.2. The third kappa shape index (κ3) is 4.21. The van der Waals surface area contributed by atoms with E-state index >= 15 is 0 Å². The Kier molecular flexibility index (Phi) is 5.97. The minimum atomic E-state index is 0.00308. The first-order valence-corrected chi connectivity index (χ1v) is 11.0. The summed E-state index contributed by atoms with van der Waals surface area (Å²) in [6.45, 7) is 2.80. The monoisotopic (exact) mass is 418 g/mol. The van der Waals surface area contributed by atoms with Crippen molar-refractivity contribution < 1.29 is 4.79 Å². The van der Waals surface area contributed by atoms with Gasteiger partial charge in [0.15, 0.2) is 0 Å². The van der Waals surface area contributed by atoms with Gasteiger partial charge in [-0.3, -0.25) is 9.69 Å². The number of carbonyl (C=O) groups is 1. The molecule has 0 spiro atoms. The quantitative estimate of drug-likeness (QED) is 0.374. The highest BCUT2D eigenvalue weighted by Gasteiger charge is 2.31. The molecule has 0 atom stereocenters. The first kappa shape index (κ1) is 19.7. The van der Waals surface area contributed by atoms with Crippen LogP contribution in [0.3, 0.4) is 0 Å². The largest absolute Gasteiger partial charge is 0.354 e. The van der Waals surface area contributed by atoms with Gasteiger partial charge < -0.3 is 4.98 Å². The number of H-pyrrole nitrogens is 1. The van der Waals surface area contributed by atoms with Crippen molar-refractivity contribution in [3.8, 4) is 22.4 Å². The number of unbranched alkanes of at least 4 members (excludes halogenated alkanes) is 1. The van der Waals surface area contributed by atoms with Crippen molar-refractivity contribution in [1.82, 2.24) is 9.88 Å². The molecular weight excluding hydrogens is 396 g/mol. The Morgan fingerprint density at radius 1 is 1.03 bits per heavy atom. The van der Waals surface area contributed by atoms with Crippen LogP contribution in [0.15, 0.2) is 71.6 Å². The van der Waals surface area contributed by atoms with E-state index in [1.807, 2.05) is 42.5 Å². The summed E-state index contributed by atoms with van der Waals surface area (Å²) in [7, 11) is 0. The topological polar surface area (TPSA) is 36.1 Å². The standard InChI is InChI=1S/C24H22N2OS2/c1-2-3-14-26-23(27)22(29-24(26)28)16-21-19(17-10-6-4-7-11-17)15-20(25-21)18-12-8-5-9-13-18/h4-13,15-16,25H,2-3,14H2,1H3/b22-16-. The molecule has 0 saturated carbocycles. The van der Waals surface area contributed by atoms with Crippen molar-refractivity contribution in [2.24, 2.45) is 0 Å². The van der Waals surface area contributed by atoms with Crippen LogP contribution in [0.2, 0.25) is 0 Å². The maximum absolute atomic E-state index is 12.9. The summed E-state index contributed by atoms with van der Waals surface area (Å²) in [5.74, 6) is 0.00308. The summed E-state index contributed by atoms with van der Waals surface area (Å²) in [4.78, 5) is 18.8. The Hall–Kier alpha value is -2.63. The number of aromatic amines is 1. The molecule has 5 heteroatoms. The Morgan fingerprint density at radius 3 is 2.34 bits per heavy atom. The third-order valence-corrected chi connectivity index (χ3v) is 6.28. The number of thioether (sulfide) groups is 1. The molecule has 3 aromatic rings. The molecule has 1 N–H and O–H groups in total. The fourth-order valence-corrected chi connectivity index (χ4v) is 4.64. The Balaban J connectivity index is 1.75. The van der Waals surface area contributed by atoms with E-state index in [0.717, 1.165) is 40.9 Å². The van der Waals surface area contributed by atoms with Crippen molar-refractivity contribution in [2.75, 3.05) is 6.54 Å². The second kappa shape index (κ2) is 8.80. The number of nitrogens with one attached hydrogen (secondary N) is 1. The molecule has 29 heavy (non-hydrogen) atoms. The van der Waals surface area contributed by atoms with Crippen LogP contribution in [0, 0.1) is 0 Å². The molecule has 3 nitrogen and oxygen atoms in total. The zero-order valence-corrected chi connectivity index (χ0v) is 17.9. The lowest BCUT2D eigenvalue weighted by Gasteiger charge is -2.13. The molecule has 1 saturated heterocycles. The molecule has 2 heterocycles. The molecule has 1 amide bonds. The van der Waals surface area contributed by atoms with Gasteiger partial charge in [-0.15, -0.1) is 0 Å². The lowest BCUT2D eigenvalue weighted by atomic mass is 10.0. The highest BCUT2D eigenvalue weighted by molar-refractivity contribution is 8.26. The summed E-state index contributed by atoms with van der Waals surface area (Å²) in [5, 5.41) is 0. The summed E-state index contributed by atoms with van der Waals surface area (Å²) >= 11 is 6.83. The van der Waals surface area contributed by atoms with E-state index in [1.54, 1.807) is 4.90 Å². The average Bonchev–Trinajstić information content (AvgIpc) is 3.29. The Labute approximate surface area is 180 Å². The van der Waals surface area contributed by atoms with Gasteiger partial charge in [-0.2, -0.15) is 0 Å². The molecule has 0 radical (unpaired) electrons. The van der Waals surface area contributed by atoms with Gasteiger partial charge in [0, 0.05) is 23.5 Å². The summed E-state index contributed by atoms with van der Waals surface area (Å²) in [6.07, 6.45) is 3.93. The SMILES string of the molecule is CCCCN1C(=O)/C(=C/c2[nH]c(-c3ccccc3)cc2-c2ccccc2)SC1=S. The van der Waals surface area contributed by atoms with Gasteiger partial charge in [0.1, 0.15) is 4.32 Å². The molecule has 1 fully saturated rings. The lowest BCUT2D eigenvalue weighted by Crippen LogP contribution is -2.28. The van der Waals surface area contributed by atoms with E-state index in [1.165, 1.54) is 11.8 Å². The van der Waals surface area contributed by atoms with Gasteiger partial charge in [0.25, 0.3) is 5.91 Å². The van der Waals surface area contributed by atoms with Crippen molar-refractivity contribution in [3.63, 3.8) is 0 Å². The number of benzene rings is 2. The van der Waals surface area contributed by atoms with Gasteiger partial charge in [-0.1, -0.05) is 98.0 Å². The molecule has 0 bridgehead atoms. The predicted molar refractivity (Wildman–Crippen MR) is 126 cm³/mol. The van der Waals surface area contributed by atoms with Crippen LogP contribution >= 0.6 is 24.0 Å². The van der Waals surface area contributed by atoms with E-state index < -0.39 is 0 Å². The molecule has 1 aromatic heterocycles. The fraction of sp³-hybridized carbons (Fsp3) is 0.167. The van der Waals surface area contributed by atoms with Gasteiger partial charge in [0.2, 0.25) is 0 Å². The molecule has 0 unspecified atom stereocenters. The maximum Gasteiger partial charge on any atom is 0.266 e. The first-order chi connectivity index (χ1) is 14.2. The van der Waals surface area contributed by atoms with Crippen LogP contribution in [0.5, 0.6) is 0 Å². The number of thiocarbonyl (C=S) groups is 1. The highest BCUT2D eigenvalue weighted by atomic mass is 32.2. The minimum Gasteiger partial charge on any atom is -0.354 e. The van der Waals surface area contributed by atoms with Gasteiger partial charge in [-0.25, -0.2) is 0 Å². The van der Waals surface area contributed by atoms with Gasteiger partial charge in [-0.05, 0) is 29.7 Å². The highest BCUT2D eigenvalue weighted by Crippen LogP contribution is 2.36. The lowest BCUT2D eigenvalue weighted by molar-refractivity contribution is -0.122. The number of hydrogen-bond acceptors (Lipinski definition) is 3. The summed E-state index contributed by atoms with van der Waals surface area (Å²) in [5.41, 5.74) is 5.24. The van der Waals surface area contributed by atoms with E-state index in [0.29, 0.717) is 15.8 Å². The zero-order chi connectivity index (χ0) is 20.2. The molecule has 0 aliphatic carbocycles. The fourth-order valence-electron chi connectivity index (χ4n) is 3.35. The number of aromatic nitrogens is 1. The number of hydrogen-bond donors (Lipinski definition) is 1. The smallest absolute Gasteiger partial charge is 0.266 e. The van der Waals surface area contributed by atoms with Crippen molar-refractivity contribution in [1.29, 1.82) is 0 Å². The Morgan fingerprint density at radius 2 is 1.69 bits per heavy atom. The van der Waals surface area contributed by atoms with Crippen LogP contribution in [-0.4, -0.2) is 26.7 Å². The van der Waals surface area contributed by atoms with E-state index in [4.69, 9.17) is 12.2 Å². The molecule has 2 aromatic carbocycles. The Bertz CT molecular complexity index is 1050. The molecule has 4 rings (SSSR count). The van der Waals surface area contributed by atoms with Gasteiger partial charge in [0.05, 0.1) is 4.91 Å². The average molecular weight is 419 g/mol. The van der Waals surface area contributed by atoms with E-state index in [-0.39, 0.29) is 5.91 Å². The summed E-state index contributed by atoms with van der Waals surface area (Å²) in [6, 6.07) is 22.6. The third-order valence-electron chi connectivity index (χ3n) is 4.90. The second-order valence-corrected chi connectivity index (χ2v) is 8.61. The van der Waals surface area contributed by atoms with Gasteiger partial charge >= 0.3 is 0 Å². The normalized spacial score (nSPS) is 15.5. The van der Waals surface area contributed by atoms with Crippen molar-refractivity contribution >= 4 is 40.3 Å². The van der Waals surface area contributed by atoms with Crippen LogP contribution in [0.4, 0.5) is 0 Å². The molecular formula is C24H22N2OS2. The number of amides is 1. The molecule has 1 aliphatic rings. The number of nitrogens with zero attached hydrogens (tertiary/aromatic N) is 1. The van der Waals surface area contributed by atoms with Crippen LogP contribution in [0.25, 0.3) is 28.5 Å². The van der Waals surface area contributed by atoms with E-state index in [9.17, 15) is 4.79 Å². The van der Waals surface area contributed by atoms with Crippen molar-refractivity contribution in [3.05, 3.63) is 77.3 Å². The minimum absolute atomic E-state index is 0.00308. The maximum atomic E-state index is 12.9. The number of carbonyl (C=O) groups excluding carboxylic acids is 1. The van der Waals surface area contributed by atoms with Crippen molar-refractivity contribution in [2.45, 2.75) is 19.8 Å². The first-order valence-electron chi connectivity index (χ1n) is 9.76. The predicted octanol–water partition coefficient (Wildman–Crippen LogP) is 6.35. The summed E-state index contributed by atoms with van der Waals surface area (Å²) < 4.78 is 0.644. The number of rotatable bonds is 6. The van der Waals surface area contributed by atoms with Crippen LogP contribution in [0.1, 0.15) is 25.5 Å². The van der Waals surface area contributed by atoms with Crippen LogP contribution < -0.4 is 0 Å². The van der Waals surface area contributed by atoms with Crippen LogP contribution in [-0.2, 0) is 4.79 Å². The second-order valence-electron chi connectivity index (χ2n) is 6.93.